The van der Waals surface area contributed by atoms with E-state index in [0.717, 1.165) is 5.69 Å². The highest BCUT2D eigenvalue weighted by molar-refractivity contribution is 5.78. The molecule has 2 N–H and O–H groups in total. The van der Waals surface area contributed by atoms with E-state index >= 15 is 0 Å². The summed E-state index contributed by atoms with van der Waals surface area (Å²) in [5.41, 5.74) is 8.56. The molecule has 0 radical (unpaired) electrons. The van der Waals surface area contributed by atoms with Gasteiger partial charge < -0.3 is 5.73 Å². The van der Waals surface area contributed by atoms with E-state index in [1.54, 1.807) is 28.8 Å². The molecule has 0 spiro atoms. The molecule has 1 heterocycles. The Bertz CT molecular complexity index is 858. The second-order valence-corrected chi connectivity index (χ2v) is 4.89. The molecular formula is C16H13FN4. The molecule has 1 atom stereocenters. The lowest BCUT2D eigenvalue weighted by Gasteiger charge is -2.11. The van der Waals surface area contributed by atoms with E-state index in [9.17, 15) is 4.39 Å². The minimum Gasteiger partial charge on any atom is -0.322 e. The zero-order valence-corrected chi connectivity index (χ0v) is 11.4. The summed E-state index contributed by atoms with van der Waals surface area (Å²) in [5.74, 6) is 0.294. The van der Waals surface area contributed by atoms with Crippen LogP contribution in [0.4, 0.5) is 4.39 Å². The maximum absolute atomic E-state index is 13.6. The first-order valence-corrected chi connectivity index (χ1v) is 6.54. The van der Waals surface area contributed by atoms with Crippen molar-refractivity contribution in [3.8, 4) is 11.8 Å². The summed E-state index contributed by atoms with van der Waals surface area (Å²) in [6, 6.07) is 13.3. The lowest BCUT2D eigenvalue weighted by molar-refractivity contribution is 0.629. The van der Waals surface area contributed by atoms with E-state index in [1.807, 2.05) is 13.0 Å². The molecular weight excluding hydrogens is 267 g/mol. The number of nitrogens with two attached hydrogens (primary N) is 1. The number of aromatic nitrogens is 2. The van der Waals surface area contributed by atoms with Crippen LogP contribution in [0.25, 0.3) is 16.7 Å². The third-order valence-electron chi connectivity index (χ3n) is 3.28. The molecule has 0 fully saturated rings. The number of nitrogens with zero attached hydrogens (tertiary/aromatic N) is 3. The van der Waals surface area contributed by atoms with Crippen LogP contribution in [0.15, 0.2) is 42.5 Å². The number of hydrogen-bond donors (Lipinski definition) is 1. The summed E-state index contributed by atoms with van der Waals surface area (Å²) in [6.07, 6.45) is 0. The molecule has 2 aromatic carbocycles. The van der Waals surface area contributed by atoms with Gasteiger partial charge in [-0.05, 0) is 37.3 Å². The minimum absolute atomic E-state index is 0.314. The molecule has 0 aliphatic heterocycles. The number of benzene rings is 2. The van der Waals surface area contributed by atoms with Gasteiger partial charge in [-0.2, -0.15) is 5.26 Å². The van der Waals surface area contributed by atoms with Crippen molar-refractivity contribution in [1.29, 1.82) is 5.26 Å². The van der Waals surface area contributed by atoms with Gasteiger partial charge in [0.2, 0.25) is 0 Å². The van der Waals surface area contributed by atoms with Crippen LogP contribution in [0.3, 0.4) is 0 Å². The second-order valence-electron chi connectivity index (χ2n) is 4.89. The molecule has 5 heteroatoms. The highest BCUT2D eigenvalue weighted by Crippen LogP contribution is 2.25. The van der Waals surface area contributed by atoms with Crippen molar-refractivity contribution in [2.45, 2.75) is 13.0 Å². The third kappa shape index (κ3) is 2.26. The summed E-state index contributed by atoms with van der Waals surface area (Å²) in [6.45, 7) is 1.82. The van der Waals surface area contributed by atoms with Crippen LogP contribution < -0.4 is 5.73 Å². The minimum atomic E-state index is -0.337. The molecule has 0 amide bonds. The Morgan fingerprint density at radius 3 is 2.81 bits per heavy atom. The molecule has 104 valence electrons. The van der Waals surface area contributed by atoms with Gasteiger partial charge >= 0.3 is 0 Å². The van der Waals surface area contributed by atoms with Crippen LogP contribution in [-0.4, -0.2) is 9.55 Å². The molecule has 1 unspecified atom stereocenters. The Hall–Kier alpha value is -2.71. The SMILES string of the molecule is CC(N)c1nc2ccc(F)cc2n1-c1cccc(C#N)c1. The Morgan fingerprint density at radius 2 is 2.10 bits per heavy atom. The first kappa shape index (κ1) is 13.3. The molecule has 1 aromatic heterocycles. The quantitative estimate of drug-likeness (QED) is 0.784. The molecule has 0 aliphatic rings. The summed E-state index contributed by atoms with van der Waals surface area (Å²) >= 11 is 0. The Morgan fingerprint density at radius 1 is 1.29 bits per heavy atom. The average molecular weight is 280 g/mol. The Labute approximate surface area is 121 Å². The smallest absolute Gasteiger partial charge is 0.131 e. The number of rotatable bonds is 2. The van der Waals surface area contributed by atoms with E-state index in [0.29, 0.717) is 22.4 Å². The predicted octanol–water partition coefficient (Wildman–Crippen LogP) is 3.06. The maximum Gasteiger partial charge on any atom is 0.131 e. The largest absolute Gasteiger partial charge is 0.322 e. The monoisotopic (exact) mass is 280 g/mol. The van der Waals surface area contributed by atoms with E-state index in [-0.39, 0.29) is 11.9 Å². The normalized spacial score (nSPS) is 12.3. The van der Waals surface area contributed by atoms with Crippen LogP contribution in [0.5, 0.6) is 0 Å². The van der Waals surface area contributed by atoms with E-state index in [2.05, 4.69) is 11.1 Å². The molecule has 3 rings (SSSR count). The first-order chi connectivity index (χ1) is 10.1. The van der Waals surface area contributed by atoms with Gasteiger partial charge in [0.15, 0.2) is 0 Å². The van der Waals surface area contributed by atoms with Crippen molar-refractivity contribution in [3.63, 3.8) is 0 Å². The number of hydrogen-bond acceptors (Lipinski definition) is 3. The molecule has 4 nitrogen and oxygen atoms in total. The summed E-state index contributed by atoms with van der Waals surface area (Å²) < 4.78 is 15.4. The van der Waals surface area contributed by atoms with Crippen molar-refractivity contribution in [2.75, 3.05) is 0 Å². The lowest BCUT2D eigenvalue weighted by Crippen LogP contribution is -2.12. The maximum atomic E-state index is 13.6. The number of fused-ring (bicyclic) bond motifs is 1. The molecule has 0 saturated heterocycles. The lowest BCUT2D eigenvalue weighted by atomic mass is 10.2. The van der Waals surface area contributed by atoms with Gasteiger partial charge in [-0.15, -0.1) is 0 Å². The van der Waals surface area contributed by atoms with Gasteiger partial charge in [0.25, 0.3) is 0 Å². The van der Waals surface area contributed by atoms with Gasteiger partial charge in [0.05, 0.1) is 28.7 Å². The van der Waals surface area contributed by atoms with Crippen molar-refractivity contribution >= 4 is 11.0 Å². The standard InChI is InChI=1S/C16H13FN4/c1-10(19)16-20-14-6-5-12(17)8-15(14)21(16)13-4-2-3-11(7-13)9-18/h2-8,10H,19H2,1H3. The molecule has 3 aromatic rings. The van der Waals surface area contributed by atoms with Crippen molar-refractivity contribution in [1.82, 2.24) is 9.55 Å². The third-order valence-corrected chi connectivity index (χ3v) is 3.28. The van der Waals surface area contributed by atoms with Crippen molar-refractivity contribution in [2.24, 2.45) is 5.73 Å². The summed E-state index contributed by atoms with van der Waals surface area (Å²) in [4.78, 5) is 4.47. The van der Waals surface area contributed by atoms with Gasteiger partial charge in [-0.1, -0.05) is 6.07 Å². The molecule has 0 saturated carbocycles. The van der Waals surface area contributed by atoms with E-state index in [4.69, 9.17) is 11.0 Å². The first-order valence-electron chi connectivity index (χ1n) is 6.54. The Balaban J connectivity index is 2.35. The van der Waals surface area contributed by atoms with Crippen LogP contribution in [0, 0.1) is 17.1 Å². The number of halogens is 1. The number of imidazole rings is 1. The highest BCUT2D eigenvalue weighted by atomic mass is 19.1. The fraction of sp³-hybridized carbons (Fsp3) is 0.125. The Kier molecular flexibility index (Phi) is 3.16. The van der Waals surface area contributed by atoms with Gasteiger partial charge in [-0.3, -0.25) is 4.57 Å². The highest BCUT2D eigenvalue weighted by Gasteiger charge is 2.16. The number of nitriles is 1. The fourth-order valence-electron chi connectivity index (χ4n) is 2.36. The van der Waals surface area contributed by atoms with Crippen LogP contribution >= 0.6 is 0 Å². The van der Waals surface area contributed by atoms with Gasteiger partial charge in [0.1, 0.15) is 11.6 Å². The zero-order chi connectivity index (χ0) is 15.0. The summed E-state index contributed by atoms with van der Waals surface area (Å²) in [7, 11) is 0. The van der Waals surface area contributed by atoms with Gasteiger partial charge in [-0.25, -0.2) is 9.37 Å². The van der Waals surface area contributed by atoms with Crippen molar-refractivity contribution in [3.05, 3.63) is 59.7 Å². The topological polar surface area (TPSA) is 67.6 Å². The molecule has 21 heavy (non-hydrogen) atoms. The fourth-order valence-corrected chi connectivity index (χ4v) is 2.36. The predicted molar refractivity (Wildman–Crippen MR) is 78.3 cm³/mol. The molecule has 0 aliphatic carbocycles. The van der Waals surface area contributed by atoms with E-state index < -0.39 is 0 Å². The summed E-state index contributed by atoms with van der Waals surface area (Å²) in [5, 5.41) is 9.04. The van der Waals surface area contributed by atoms with E-state index in [1.165, 1.54) is 12.1 Å². The van der Waals surface area contributed by atoms with Gasteiger partial charge in [0, 0.05) is 11.8 Å². The second kappa shape index (κ2) is 5.00. The van der Waals surface area contributed by atoms with Crippen LogP contribution in [0.2, 0.25) is 0 Å². The zero-order valence-electron chi connectivity index (χ0n) is 11.4. The molecule has 0 bridgehead atoms. The van der Waals surface area contributed by atoms with Crippen molar-refractivity contribution < 1.29 is 4.39 Å². The van der Waals surface area contributed by atoms with Crippen LogP contribution in [-0.2, 0) is 0 Å². The average Bonchev–Trinajstić information content (AvgIpc) is 2.86. The van der Waals surface area contributed by atoms with Crippen LogP contribution in [0.1, 0.15) is 24.4 Å².